The van der Waals surface area contributed by atoms with Gasteiger partial charge in [0.2, 0.25) is 0 Å². The number of aromatic nitrogens is 2. The third-order valence-electron chi connectivity index (χ3n) is 2.51. The van der Waals surface area contributed by atoms with Gasteiger partial charge in [-0.15, -0.1) is 0 Å². The maximum absolute atomic E-state index is 9.91. The number of aliphatic hydroxyl groups excluding tert-OH is 1. The summed E-state index contributed by atoms with van der Waals surface area (Å²) in [5.41, 5.74) is 2.65. The van der Waals surface area contributed by atoms with Crippen molar-refractivity contribution in [2.75, 3.05) is 0 Å². The van der Waals surface area contributed by atoms with Crippen molar-refractivity contribution in [1.29, 1.82) is 0 Å². The second-order valence-corrected chi connectivity index (χ2v) is 4.50. The molecule has 0 aromatic carbocycles. The van der Waals surface area contributed by atoms with Crippen LogP contribution in [0.1, 0.15) is 30.8 Å². The van der Waals surface area contributed by atoms with Crippen LogP contribution in [0.5, 0.6) is 0 Å². The molecule has 1 unspecified atom stereocenters. The van der Waals surface area contributed by atoms with Crippen LogP contribution in [-0.4, -0.2) is 14.5 Å². The minimum absolute atomic E-state index is 0.450. The number of rotatable bonds is 2. The van der Waals surface area contributed by atoms with Crippen molar-refractivity contribution in [2.45, 2.75) is 26.4 Å². The van der Waals surface area contributed by atoms with E-state index >= 15 is 0 Å². The van der Waals surface area contributed by atoms with Gasteiger partial charge in [0.15, 0.2) is 0 Å². The number of hydrogen-bond donors (Lipinski definition) is 1. The number of pyridine rings is 1. The normalized spacial score (nSPS) is 13.3. The minimum Gasteiger partial charge on any atom is -0.387 e. The second kappa shape index (κ2) is 3.94. The maximum atomic E-state index is 9.91. The summed E-state index contributed by atoms with van der Waals surface area (Å²) in [4.78, 5) is 4.41. The molecule has 2 rings (SSSR count). The topological polar surface area (TPSA) is 37.5 Å². The van der Waals surface area contributed by atoms with Gasteiger partial charge in [-0.3, -0.25) is 4.40 Å². The number of hydrogen-bond acceptors (Lipinski definition) is 2. The van der Waals surface area contributed by atoms with E-state index in [0.29, 0.717) is 6.42 Å². The standard InChI is InChI=1S/C11H13BrN2O/c1-3-9(15)11-7(2)13-10-5-4-8(12)6-14(10)11/h4-6,9,15H,3H2,1-2H3. The van der Waals surface area contributed by atoms with Crippen LogP contribution in [0.4, 0.5) is 0 Å². The molecule has 1 N–H and O–H groups in total. The van der Waals surface area contributed by atoms with Gasteiger partial charge >= 0.3 is 0 Å². The predicted molar refractivity (Wildman–Crippen MR) is 62.9 cm³/mol. The summed E-state index contributed by atoms with van der Waals surface area (Å²) < 4.78 is 2.92. The van der Waals surface area contributed by atoms with E-state index in [-0.39, 0.29) is 0 Å². The van der Waals surface area contributed by atoms with Crippen molar-refractivity contribution in [2.24, 2.45) is 0 Å². The molecule has 0 amide bonds. The van der Waals surface area contributed by atoms with E-state index in [1.54, 1.807) is 0 Å². The quantitative estimate of drug-likeness (QED) is 0.910. The molecule has 0 bridgehead atoms. The molecule has 0 radical (unpaired) electrons. The molecule has 0 fully saturated rings. The van der Waals surface area contributed by atoms with Crippen molar-refractivity contribution < 1.29 is 5.11 Å². The van der Waals surface area contributed by atoms with Crippen molar-refractivity contribution >= 4 is 21.6 Å². The molecule has 1 atom stereocenters. The summed E-state index contributed by atoms with van der Waals surface area (Å²) >= 11 is 3.42. The second-order valence-electron chi connectivity index (χ2n) is 3.58. The van der Waals surface area contributed by atoms with E-state index < -0.39 is 6.10 Å². The minimum atomic E-state index is -0.450. The van der Waals surface area contributed by atoms with Crippen LogP contribution < -0.4 is 0 Å². The van der Waals surface area contributed by atoms with Gasteiger partial charge in [-0.1, -0.05) is 6.92 Å². The average Bonchev–Trinajstić information content (AvgIpc) is 2.52. The lowest BCUT2D eigenvalue weighted by Gasteiger charge is -2.08. The Kier molecular flexibility index (Phi) is 2.80. The average molecular weight is 269 g/mol. The van der Waals surface area contributed by atoms with E-state index in [4.69, 9.17) is 0 Å². The zero-order valence-corrected chi connectivity index (χ0v) is 10.3. The molecule has 0 aliphatic carbocycles. The fourth-order valence-electron chi connectivity index (χ4n) is 1.75. The van der Waals surface area contributed by atoms with Crippen LogP contribution in [0.15, 0.2) is 22.8 Å². The first-order valence-corrected chi connectivity index (χ1v) is 5.75. The van der Waals surface area contributed by atoms with Crippen LogP contribution in [0.2, 0.25) is 0 Å². The summed E-state index contributed by atoms with van der Waals surface area (Å²) in [6, 6.07) is 3.88. The molecule has 4 heteroatoms. The first kappa shape index (κ1) is 10.6. The highest BCUT2D eigenvalue weighted by Crippen LogP contribution is 2.23. The molecule has 0 spiro atoms. The third kappa shape index (κ3) is 1.79. The summed E-state index contributed by atoms with van der Waals surface area (Å²) in [7, 11) is 0. The highest BCUT2D eigenvalue weighted by molar-refractivity contribution is 9.10. The molecule has 3 nitrogen and oxygen atoms in total. The highest BCUT2D eigenvalue weighted by atomic mass is 79.9. The van der Waals surface area contributed by atoms with Gasteiger partial charge in [0.1, 0.15) is 5.65 Å². The summed E-state index contributed by atoms with van der Waals surface area (Å²) in [6.07, 6.45) is 2.18. The Balaban J connectivity index is 2.70. The smallest absolute Gasteiger partial charge is 0.137 e. The van der Waals surface area contributed by atoms with E-state index in [0.717, 1.165) is 21.5 Å². The third-order valence-corrected chi connectivity index (χ3v) is 2.97. The number of nitrogens with zero attached hydrogens (tertiary/aromatic N) is 2. The summed E-state index contributed by atoms with van der Waals surface area (Å²) in [6.45, 7) is 3.89. The Hall–Kier alpha value is -0.870. The van der Waals surface area contributed by atoms with Crippen LogP contribution in [0, 0.1) is 6.92 Å². The van der Waals surface area contributed by atoms with Crippen molar-refractivity contribution in [3.63, 3.8) is 0 Å². The molecule has 0 aliphatic heterocycles. The number of halogens is 1. The Morgan fingerprint density at radius 1 is 1.53 bits per heavy atom. The van der Waals surface area contributed by atoms with Gasteiger partial charge in [0.25, 0.3) is 0 Å². The van der Waals surface area contributed by atoms with Gasteiger partial charge in [-0.2, -0.15) is 0 Å². The number of imidazole rings is 1. The number of aryl methyl sites for hydroxylation is 1. The molecule has 0 aliphatic rings. The zero-order chi connectivity index (χ0) is 11.0. The van der Waals surface area contributed by atoms with Gasteiger partial charge in [-0.25, -0.2) is 4.98 Å². The molecule has 2 heterocycles. The molecule has 2 aromatic heterocycles. The van der Waals surface area contributed by atoms with Crippen LogP contribution >= 0.6 is 15.9 Å². The van der Waals surface area contributed by atoms with Crippen molar-refractivity contribution in [3.8, 4) is 0 Å². The van der Waals surface area contributed by atoms with Crippen LogP contribution in [0.25, 0.3) is 5.65 Å². The van der Waals surface area contributed by atoms with Crippen LogP contribution in [0.3, 0.4) is 0 Å². The van der Waals surface area contributed by atoms with Gasteiger partial charge in [0, 0.05) is 10.7 Å². The van der Waals surface area contributed by atoms with Gasteiger partial charge < -0.3 is 5.11 Å². The zero-order valence-electron chi connectivity index (χ0n) is 8.74. The Labute approximate surface area is 96.9 Å². The summed E-state index contributed by atoms with van der Waals surface area (Å²) in [5.74, 6) is 0. The molecule has 0 saturated carbocycles. The van der Waals surface area contributed by atoms with Gasteiger partial charge in [-0.05, 0) is 41.4 Å². The lowest BCUT2D eigenvalue weighted by atomic mass is 10.2. The molecular weight excluding hydrogens is 256 g/mol. The van der Waals surface area contributed by atoms with Crippen LogP contribution in [-0.2, 0) is 0 Å². The van der Waals surface area contributed by atoms with Gasteiger partial charge in [0.05, 0.1) is 17.5 Å². The van der Waals surface area contributed by atoms with E-state index in [2.05, 4.69) is 20.9 Å². The SMILES string of the molecule is CCC(O)c1c(C)nc2ccc(Br)cn12. The maximum Gasteiger partial charge on any atom is 0.137 e. The summed E-state index contributed by atoms with van der Waals surface area (Å²) in [5, 5.41) is 9.91. The number of fused-ring (bicyclic) bond motifs is 1. The Morgan fingerprint density at radius 2 is 2.27 bits per heavy atom. The monoisotopic (exact) mass is 268 g/mol. The lowest BCUT2D eigenvalue weighted by molar-refractivity contribution is 0.167. The molecular formula is C11H13BrN2O. The molecule has 15 heavy (non-hydrogen) atoms. The first-order chi connectivity index (χ1) is 7.13. The van der Waals surface area contributed by atoms with E-state index in [1.165, 1.54) is 0 Å². The molecule has 0 saturated heterocycles. The largest absolute Gasteiger partial charge is 0.387 e. The fourth-order valence-corrected chi connectivity index (χ4v) is 2.09. The van der Waals surface area contributed by atoms with Crippen molar-refractivity contribution in [3.05, 3.63) is 34.2 Å². The number of aliphatic hydroxyl groups is 1. The highest BCUT2D eigenvalue weighted by Gasteiger charge is 2.15. The lowest BCUT2D eigenvalue weighted by Crippen LogP contribution is -2.02. The Bertz CT molecular complexity index is 493. The Morgan fingerprint density at radius 3 is 2.93 bits per heavy atom. The van der Waals surface area contributed by atoms with E-state index in [1.807, 2.05) is 36.6 Å². The fraction of sp³-hybridized carbons (Fsp3) is 0.364. The first-order valence-electron chi connectivity index (χ1n) is 4.95. The van der Waals surface area contributed by atoms with Crippen molar-refractivity contribution in [1.82, 2.24) is 9.38 Å². The predicted octanol–water partition coefficient (Wildman–Crippen LogP) is 2.85. The molecule has 80 valence electrons. The van der Waals surface area contributed by atoms with E-state index in [9.17, 15) is 5.11 Å². The molecule has 2 aromatic rings.